The van der Waals surface area contributed by atoms with Crippen LogP contribution in [0.1, 0.15) is 89.7 Å². The number of nitrogens with one attached hydrogen (secondary N) is 2. The van der Waals surface area contributed by atoms with Gasteiger partial charge in [0.05, 0.1) is 11.0 Å². The molecule has 0 radical (unpaired) electrons. The molecule has 212 valence electrons. The Morgan fingerprint density at radius 2 is 1.67 bits per heavy atom. The largest absolute Gasteiger partial charge is 0.444 e. The predicted molar refractivity (Wildman–Crippen MR) is 148 cm³/mol. The summed E-state index contributed by atoms with van der Waals surface area (Å²) in [4.78, 5) is 51.8. The second-order valence-corrected chi connectivity index (χ2v) is 12.4. The minimum absolute atomic E-state index is 0.165. The molecule has 1 unspecified atom stereocenters. The highest BCUT2D eigenvalue weighted by atomic mass is 16.6. The van der Waals surface area contributed by atoms with Crippen LogP contribution in [0.3, 0.4) is 0 Å². The second kappa shape index (κ2) is 10.8. The molecule has 2 N–H and O–H groups in total. The van der Waals surface area contributed by atoms with Crippen LogP contribution in [0.5, 0.6) is 0 Å². The summed E-state index contributed by atoms with van der Waals surface area (Å²) in [6.07, 6.45) is 6.56. The Balaban J connectivity index is 1.19. The molecule has 3 amide bonds. The van der Waals surface area contributed by atoms with Gasteiger partial charge in [-0.25, -0.2) is 9.59 Å². The third-order valence-electron chi connectivity index (χ3n) is 8.57. The van der Waals surface area contributed by atoms with Crippen molar-refractivity contribution in [1.29, 1.82) is 0 Å². The summed E-state index contributed by atoms with van der Waals surface area (Å²) >= 11 is 0. The summed E-state index contributed by atoms with van der Waals surface area (Å²) in [6.45, 7) is 7.60. The van der Waals surface area contributed by atoms with E-state index in [9.17, 15) is 19.2 Å². The Hall–Kier alpha value is -3.14. The van der Waals surface area contributed by atoms with Crippen LogP contribution in [0.2, 0.25) is 0 Å². The van der Waals surface area contributed by atoms with Crippen molar-refractivity contribution in [2.45, 2.75) is 102 Å². The molecule has 0 spiro atoms. The monoisotopic (exact) mass is 539 g/mol. The van der Waals surface area contributed by atoms with Crippen LogP contribution in [0, 0.1) is 0 Å². The lowest BCUT2D eigenvalue weighted by Crippen LogP contribution is -2.49. The quantitative estimate of drug-likeness (QED) is 0.576. The summed E-state index contributed by atoms with van der Waals surface area (Å²) in [6, 6.07) is 6.23. The first-order valence-corrected chi connectivity index (χ1v) is 14.3. The molecule has 10 heteroatoms. The Kier molecular flexibility index (Phi) is 7.59. The molecule has 3 fully saturated rings. The number of likely N-dealkylation sites (tertiary alicyclic amines) is 1. The zero-order valence-corrected chi connectivity index (χ0v) is 23.5. The highest BCUT2D eigenvalue weighted by Crippen LogP contribution is 2.37. The average Bonchev–Trinajstić information content (AvgIpc) is 3.13. The van der Waals surface area contributed by atoms with Crippen LogP contribution in [0.25, 0.3) is 11.0 Å². The minimum Gasteiger partial charge on any atom is -0.444 e. The van der Waals surface area contributed by atoms with Crippen LogP contribution in [0.15, 0.2) is 23.0 Å². The Morgan fingerprint density at radius 3 is 2.31 bits per heavy atom. The molecule has 3 heterocycles. The first kappa shape index (κ1) is 27.4. The van der Waals surface area contributed by atoms with Crippen molar-refractivity contribution in [2.75, 3.05) is 13.1 Å². The summed E-state index contributed by atoms with van der Waals surface area (Å²) in [5, 5.41) is 5.39. The highest BCUT2D eigenvalue weighted by Gasteiger charge is 2.33. The fourth-order valence-corrected chi connectivity index (χ4v) is 6.52. The number of hydrogen-bond donors (Lipinski definition) is 2. The summed E-state index contributed by atoms with van der Waals surface area (Å²) in [7, 11) is 1.75. The molecule has 2 aliphatic heterocycles. The standard InChI is InChI=1S/C29H41N5O5/c1-29(2,3)39-27(37)30-20-13-15-33(16-14-20)21-8-5-18(6-9-21)19-7-10-22-24(17-19)32(4)28(38)34(22)23-11-12-25(35)31-26(23)36/h7,10,17-18,20-21,23H,5-6,8-9,11-16H2,1-4H3,(H,30,37)(H,31,35,36). The van der Waals surface area contributed by atoms with E-state index in [0.717, 1.165) is 62.6 Å². The Labute approximate surface area is 229 Å². The number of piperidine rings is 2. The zero-order valence-electron chi connectivity index (χ0n) is 23.5. The van der Waals surface area contributed by atoms with Crippen LogP contribution in [-0.4, -0.2) is 62.7 Å². The Morgan fingerprint density at radius 1 is 0.974 bits per heavy atom. The number of imidazole rings is 1. The molecular weight excluding hydrogens is 498 g/mol. The molecule has 5 rings (SSSR count). The lowest BCUT2D eigenvalue weighted by Gasteiger charge is -2.41. The number of carbonyl (C=O) groups excluding carboxylic acids is 3. The topological polar surface area (TPSA) is 115 Å². The number of amides is 3. The van der Waals surface area contributed by atoms with Gasteiger partial charge >= 0.3 is 11.8 Å². The number of carbonyl (C=O) groups is 3. The van der Waals surface area contributed by atoms with Gasteiger partial charge in [-0.15, -0.1) is 0 Å². The number of alkyl carbamates (subject to hydrolysis) is 1. The van der Waals surface area contributed by atoms with E-state index in [2.05, 4.69) is 27.7 Å². The SMILES string of the molecule is Cn1c(=O)n(C2CCC(=O)NC2=O)c2ccc(C3CCC(N4CCC(NC(=O)OC(C)(C)C)CC4)CC3)cc21. The second-order valence-electron chi connectivity index (χ2n) is 12.4. The van der Waals surface area contributed by atoms with Gasteiger partial charge in [0.2, 0.25) is 11.8 Å². The van der Waals surface area contributed by atoms with Crippen molar-refractivity contribution in [3.05, 3.63) is 34.2 Å². The number of aryl methyl sites for hydroxylation is 1. The molecule has 2 aromatic rings. The van der Waals surface area contributed by atoms with Gasteiger partial charge < -0.3 is 15.0 Å². The number of nitrogens with zero attached hydrogens (tertiary/aromatic N) is 3. The van der Waals surface area contributed by atoms with E-state index in [0.29, 0.717) is 18.4 Å². The van der Waals surface area contributed by atoms with Gasteiger partial charge in [-0.2, -0.15) is 0 Å². The summed E-state index contributed by atoms with van der Waals surface area (Å²) in [5.41, 5.74) is 2.07. The first-order chi connectivity index (χ1) is 18.5. The van der Waals surface area contributed by atoms with Crippen molar-refractivity contribution >= 4 is 28.9 Å². The summed E-state index contributed by atoms with van der Waals surface area (Å²) in [5.74, 6) is -0.261. The van der Waals surface area contributed by atoms with E-state index in [1.807, 2.05) is 26.8 Å². The average molecular weight is 540 g/mol. The van der Waals surface area contributed by atoms with Gasteiger partial charge in [-0.3, -0.25) is 24.0 Å². The van der Waals surface area contributed by atoms with Gasteiger partial charge in [0.25, 0.3) is 0 Å². The molecule has 2 saturated heterocycles. The van der Waals surface area contributed by atoms with Gasteiger partial charge in [0.1, 0.15) is 11.6 Å². The molecule has 1 aromatic carbocycles. The molecule has 0 bridgehead atoms. The number of ether oxygens (including phenoxy) is 1. The van der Waals surface area contributed by atoms with E-state index < -0.39 is 17.6 Å². The summed E-state index contributed by atoms with van der Waals surface area (Å²) < 4.78 is 8.56. The number of aromatic nitrogens is 2. The van der Waals surface area contributed by atoms with Crippen molar-refractivity contribution in [2.24, 2.45) is 7.05 Å². The van der Waals surface area contributed by atoms with Crippen molar-refractivity contribution in [1.82, 2.24) is 24.7 Å². The van der Waals surface area contributed by atoms with Crippen LogP contribution in [0.4, 0.5) is 4.79 Å². The van der Waals surface area contributed by atoms with Crippen LogP contribution < -0.4 is 16.3 Å². The lowest BCUT2D eigenvalue weighted by molar-refractivity contribution is -0.135. The van der Waals surface area contributed by atoms with Gasteiger partial charge in [-0.1, -0.05) is 6.07 Å². The van der Waals surface area contributed by atoms with E-state index >= 15 is 0 Å². The fourth-order valence-electron chi connectivity index (χ4n) is 6.52. The number of hydrogen-bond acceptors (Lipinski definition) is 6. The molecule has 1 aromatic heterocycles. The lowest BCUT2D eigenvalue weighted by atomic mass is 9.80. The van der Waals surface area contributed by atoms with E-state index in [1.54, 1.807) is 16.2 Å². The molecule has 39 heavy (non-hydrogen) atoms. The molecule has 3 aliphatic rings. The van der Waals surface area contributed by atoms with E-state index in [-0.39, 0.29) is 30.2 Å². The molecule has 1 saturated carbocycles. The van der Waals surface area contributed by atoms with Crippen LogP contribution in [-0.2, 0) is 21.4 Å². The molecular formula is C29H41N5O5. The molecule has 1 aliphatic carbocycles. The molecule has 10 nitrogen and oxygen atoms in total. The van der Waals surface area contributed by atoms with Crippen molar-refractivity contribution in [3.8, 4) is 0 Å². The Bertz CT molecular complexity index is 1310. The van der Waals surface area contributed by atoms with E-state index in [1.165, 1.54) is 5.56 Å². The molecule has 1 atom stereocenters. The normalized spacial score (nSPS) is 25.5. The maximum Gasteiger partial charge on any atom is 0.407 e. The van der Waals surface area contributed by atoms with Crippen molar-refractivity contribution < 1.29 is 19.1 Å². The number of rotatable bonds is 4. The number of imide groups is 1. The fraction of sp³-hybridized carbons (Fsp3) is 0.655. The van der Waals surface area contributed by atoms with Crippen molar-refractivity contribution in [3.63, 3.8) is 0 Å². The van der Waals surface area contributed by atoms with Gasteiger partial charge in [0.15, 0.2) is 0 Å². The third kappa shape index (κ3) is 5.90. The first-order valence-electron chi connectivity index (χ1n) is 14.3. The smallest absolute Gasteiger partial charge is 0.407 e. The van der Waals surface area contributed by atoms with Gasteiger partial charge in [0, 0.05) is 38.6 Å². The van der Waals surface area contributed by atoms with Crippen LogP contribution >= 0.6 is 0 Å². The third-order valence-corrected chi connectivity index (χ3v) is 8.57. The predicted octanol–water partition coefficient (Wildman–Crippen LogP) is 3.33. The zero-order chi connectivity index (χ0) is 27.9. The highest BCUT2D eigenvalue weighted by molar-refractivity contribution is 6.00. The van der Waals surface area contributed by atoms with E-state index in [4.69, 9.17) is 4.74 Å². The number of benzene rings is 1. The maximum atomic E-state index is 13.1. The maximum absolute atomic E-state index is 13.1. The van der Waals surface area contributed by atoms with Gasteiger partial charge in [-0.05, 0) is 89.3 Å². The minimum atomic E-state index is -0.663. The number of fused-ring (bicyclic) bond motifs is 1.